The first kappa shape index (κ1) is 16.1. The van der Waals surface area contributed by atoms with Gasteiger partial charge in [0.05, 0.1) is 11.8 Å². The van der Waals surface area contributed by atoms with Crippen LogP contribution in [-0.4, -0.2) is 29.3 Å². The molecule has 0 spiro atoms. The molecule has 5 aliphatic rings. The van der Waals surface area contributed by atoms with Crippen molar-refractivity contribution in [3.05, 3.63) is 41.4 Å². The molecule has 1 saturated heterocycles. The molecule has 1 heterocycles. The highest BCUT2D eigenvalue weighted by Crippen LogP contribution is 2.65. The maximum absolute atomic E-state index is 13.1. The van der Waals surface area contributed by atoms with Gasteiger partial charge < -0.3 is 0 Å². The van der Waals surface area contributed by atoms with Crippen molar-refractivity contribution < 1.29 is 14.4 Å². The molecular formula is C20H19ClN2O3. The van der Waals surface area contributed by atoms with Crippen molar-refractivity contribution in [3.8, 4) is 0 Å². The van der Waals surface area contributed by atoms with Gasteiger partial charge in [-0.3, -0.25) is 24.2 Å². The highest BCUT2D eigenvalue weighted by atomic mass is 35.5. The van der Waals surface area contributed by atoms with Crippen molar-refractivity contribution in [2.24, 2.45) is 35.5 Å². The van der Waals surface area contributed by atoms with Crippen LogP contribution >= 0.6 is 11.6 Å². The Labute approximate surface area is 156 Å². The van der Waals surface area contributed by atoms with Crippen LogP contribution in [0.2, 0.25) is 5.02 Å². The molecular weight excluding hydrogens is 352 g/mol. The van der Waals surface area contributed by atoms with Gasteiger partial charge in [-0.2, -0.15) is 0 Å². The molecule has 4 aliphatic carbocycles. The van der Waals surface area contributed by atoms with Crippen molar-refractivity contribution in [2.45, 2.75) is 13.3 Å². The van der Waals surface area contributed by atoms with Crippen molar-refractivity contribution in [1.82, 2.24) is 4.90 Å². The van der Waals surface area contributed by atoms with Crippen LogP contribution in [0, 0.1) is 35.5 Å². The van der Waals surface area contributed by atoms with Gasteiger partial charge in [0, 0.05) is 17.6 Å². The minimum absolute atomic E-state index is 0.0465. The number of hydrogen-bond acceptors (Lipinski definition) is 3. The number of nitrogens with zero attached hydrogens (tertiary/aromatic N) is 2. The first-order chi connectivity index (χ1) is 12.5. The van der Waals surface area contributed by atoms with Crippen LogP contribution in [0.5, 0.6) is 0 Å². The maximum atomic E-state index is 13.1. The molecule has 3 fully saturated rings. The number of anilines is 1. The highest BCUT2D eigenvalue weighted by Gasteiger charge is 2.67. The first-order valence-electron chi connectivity index (χ1n) is 9.04. The smallest absolute Gasteiger partial charge is 0.235 e. The summed E-state index contributed by atoms with van der Waals surface area (Å²) in [5, 5.41) is 0.504. The first-order valence-corrected chi connectivity index (χ1v) is 9.42. The number of hydrogen-bond donors (Lipinski definition) is 0. The third-order valence-electron chi connectivity index (χ3n) is 6.54. The Bertz CT molecular complexity index is 830. The number of allylic oxidation sites excluding steroid dienone is 2. The second-order valence-electron chi connectivity index (χ2n) is 7.83. The lowest BCUT2D eigenvalue weighted by atomic mass is 9.63. The molecule has 1 aliphatic heterocycles. The van der Waals surface area contributed by atoms with Gasteiger partial charge in [-0.25, -0.2) is 0 Å². The van der Waals surface area contributed by atoms with Crippen LogP contribution in [0.15, 0.2) is 36.4 Å². The molecule has 6 heteroatoms. The Hall–Kier alpha value is -2.14. The van der Waals surface area contributed by atoms with E-state index in [2.05, 4.69) is 12.2 Å². The fourth-order valence-corrected chi connectivity index (χ4v) is 5.49. The standard InChI is InChI=1S/C20H19ClN2O3/c1-10(24)22(12-4-2-3-11(21)7-12)9-23-19(25)17-13-5-6-14(16-8-15(13)16)18(17)20(23)26/h2-7,13-18H,8-9H2,1H3/t13-,14-,15-,16+,17+,18+/m0/s1. The fraction of sp³-hybridized carbons (Fsp3) is 0.450. The van der Waals surface area contributed by atoms with Crippen LogP contribution in [-0.2, 0) is 14.4 Å². The zero-order valence-electron chi connectivity index (χ0n) is 14.3. The molecule has 1 aromatic carbocycles. The van der Waals surface area contributed by atoms with Gasteiger partial charge >= 0.3 is 0 Å². The normalized spacial score (nSPS) is 36.2. The predicted octanol–water partition coefficient (Wildman–Crippen LogP) is 2.70. The minimum Gasteiger partial charge on any atom is -0.294 e. The van der Waals surface area contributed by atoms with Gasteiger partial charge in [-0.15, -0.1) is 0 Å². The molecule has 26 heavy (non-hydrogen) atoms. The zero-order valence-corrected chi connectivity index (χ0v) is 15.1. The summed E-state index contributed by atoms with van der Waals surface area (Å²) in [6, 6.07) is 6.89. The quantitative estimate of drug-likeness (QED) is 0.607. The van der Waals surface area contributed by atoms with Crippen LogP contribution in [0.25, 0.3) is 0 Å². The number of rotatable bonds is 3. The topological polar surface area (TPSA) is 57.7 Å². The Balaban J connectivity index is 1.45. The van der Waals surface area contributed by atoms with E-state index >= 15 is 0 Å². The molecule has 2 saturated carbocycles. The zero-order chi connectivity index (χ0) is 18.2. The van der Waals surface area contributed by atoms with Crippen molar-refractivity contribution in [1.29, 1.82) is 0 Å². The summed E-state index contributed by atoms with van der Waals surface area (Å²) < 4.78 is 0. The fourth-order valence-electron chi connectivity index (χ4n) is 5.31. The molecule has 2 bridgehead atoms. The van der Waals surface area contributed by atoms with Crippen molar-refractivity contribution in [2.75, 3.05) is 11.6 Å². The number of amides is 3. The SMILES string of the molecule is CC(=O)N(CN1C(=O)[C@@H]2[C@H]3C=C[C@@H]([C@@H]4C[C@H]34)[C@H]2C1=O)c1cccc(Cl)c1. The van der Waals surface area contributed by atoms with E-state index in [0.717, 1.165) is 6.42 Å². The average molecular weight is 371 g/mol. The van der Waals surface area contributed by atoms with E-state index in [0.29, 0.717) is 22.5 Å². The van der Waals surface area contributed by atoms with E-state index in [-0.39, 0.29) is 48.1 Å². The molecule has 5 nitrogen and oxygen atoms in total. The third kappa shape index (κ3) is 2.13. The Kier molecular flexibility index (Phi) is 3.35. The van der Waals surface area contributed by atoms with Crippen molar-refractivity contribution >= 4 is 35.0 Å². The van der Waals surface area contributed by atoms with Crippen LogP contribution in [0.3, 0.4) is 0 Å². The second kappa shape index (κ2) is 5.43. The second-order valence-corrected chi connectivity index (χ2v) is 8.26. The van der Waals surface area contributed by atoms with Crippen LogP contribution in [0.4, 0.5) is 5.69 Å². The van der Waals surface area contributed by atoms with E-state index in [4.69, 9.17) is 11.6 Å². The van der Waals surface area contributed by atoms with E-state index in [9.17, 15) is 14.4 Å². The Morgan fingerprint density at radius 1 is 1.15 bits per heavy atom. The highest BCUT2D eigenvalue weighted by molar-refractivity contribution is 6.30. The average Bonchev–Trinajstić information content (AvgIpc) is 3.39. The molecule has 0 aromatic heterocycles. The van der Waals surface area contributed by atoms with Gasteiger partial charge in [0.25, 0.3) is 0 Å². The van der Waals surface area contributed by atoms with Crippen LogP contribution in [0.1, 0.15) is 13.3 Å². The summed E-state index contributed by atoms with van der Waals surface area (Å²) in [5.74, 6) is 0.549. The molecule has 0 radical (unpaired) electrons. The molecule has 3 amide bonds. The van der Waals surface area contributed by atoms with Gasteiger partial charge in [0.15, 0.2) is 0 Å². The number of carbonyl (C=O) groups is 3. The Morgan fingerprint density at radius 2 is 1.77 bits per heavy atom. The summed E-state index contributed by atoms with van der Waals surface area (Å²) in [6.07, 6.45) is 5.43. The third-order valence-corrected chi connectivity index (χ3v) is 6.77. The predicted molar refractivity (Wildman–Crippen MR) is 96.0 cm³/mol. The van der Waals surface area contributed by atoms with E-state index in [1.807, 2.05) is 0 Å². The van der Waals surface area contributed by atoms with Gasteiger partial charge in [0.1, 0.15) is 6.67 Å². The maximum Gasteiger partial charge on any atom is 0.235 e. The molecule has 0 N–H and O–H groups in total. The number of likely N-dealkylation sites (tertiary alicyclic amines) is 1. The lowest BCUT2D eigenvalue weighted by Gasteiger charge is -2.37. The Morgan fingerprint density at radius 3 is 2.31 bits per heavy atom. The number of halogens is 1. The molecule has 1 aromatic rings. The lowest BCUT2D eigenvalue weighted by molar-refractivity contribution is -0.140. The van der Waals surface area contributed by atoms with Gasteiger partial charge in [0.2, 0.25) is 17.7 Å². The molecule has 6 rings (SSSR count). The number of benzene rings is 1. The van der Waals surface area contributed by atoms with Gasteiger partial charge in [-0.1, -0.05) is 29.8 Å². The summed E-state index contributed by atoms with van der Waals surface area (Å²) in [6.45, 7) is 1.38. The molecule has 0 unspecified atom stereocenters. The van der Waals surface area contributed by atoms with E-state index in [1.54, 1.807) is 24.3 Å². The largest absolute Gasteiger partial charge is 0.294 e. The number of carbonyl (C=O) groups excluding carboxylic acids is 3. The van der Waals surface area contributed by atoms with E-state index in [1.165, 1.54) is 16.7 Å². The lowest BCUT2D eigenvalue weighted by Crippen LogP contribution is -2.44. The summed E-state index contributed by atoms with van der Waals surface area (Å²) in [4.78, 5) is 41.1. The minimum atomic E-state index is -0.241. The molecule has 134 valence electrons. The van der Waals surface area contributed by atoms with Crippen molar-refractivity contribution in [3.63, 3.8) is 0 Å². The monoisotopic (exact) mass is 370 g/mol. The van der Waals surface area contributed by atoms with Crippen LogP contribution < -0.4 is 4.90 Å². The summed E-state index contributed by atoms with van der Waals surface area (Å²) in [7, 11) is 0. The number of imide groups is 1. The summed E-state index contributed by atoms with van der Waals surface area (Å²) in [5.41, 5.74) is 0.587. The molecule has 6 atom stereocenters. The summed E-state index contributed by atoms with van der Waals surface area (Å²) >= 11 is 6.04. The van der Waals surface area contributed by atoms with Gasteiger partial charge in [-0.05, 0) is 48.3 Å². The van der Waals surface area contributed by atoms with E-state index < -0.39 is 0 Å².